The third kappa shape index (κ3) is 2.84. The van der Waals surface area contributed by atoms with Crippen molar-refractivity contribution in [1.29, 1.82) is 0 Å². The summed E-state index contributed by atoms with van der Waals surface area (Å²) < 4.78 is 37.2. The van der Waals surface area contributed by atoms with Crippen molar-refractivity contribution in [3.05, 3.63) is 40.9 Å². The molecule has 0 saturated heterocycles. The van der Waals surface area contributed by atoms with Crippen molar-refractivity contribution < 1.29 is 13.2 Å². The Morgan fingerprint density at radius 3 is 2.28 bits per heavy atom. The largest absolute Gasteiger partial charge is 0.416 e. The number of nitrogens with zero attached hydrogens (tertiary/aromatic N) is 1. The predicted molar refractivity (Wildman–Crippen MR) is 66.8 cm³/mol. The molecule has 1 nitrogen and oxygen atoms in total. The molecular formula is C12H9ClF3NS. The van der Waals surface area contributed by atoms with Gasteiger partial charge in [0, 0.05) is 16.6 Å². The monoisotopic (exact) mass is 291 g/mol. The lowest BCUT2D eigenvalue weighted by Gasteiger charge is -2.06. The first kappa shape index (κ1) is 13.4. The Morgan fingerprint density at radius 1 is 1.22 bits per heavy atom. The van der Waals surface area contributed by atoms with E-state index in [9.17, 15) is 13.2 Å². The van der Waals surface area contributed by atoms with Gasteiger partial charge in [0.05, 0.1) is 10.9 Å². The lowest BCUT2D eigenvalue weighted by molar-refractivity contribution is -0.137. The van der Waals surface area contributed by atoms with Gasteiger partial charge in [0.1, 0.15) is 5.01 Å². The van der Waals surface area contributed by atoms with E-state index in [4.69, 9.17) is 11.6 Å². The van der Waals surface area contributed by atoms with Gasteiger partial charge in [0.15, 0.2) is 0 Å². The van der Waals surface area contributed by atoms with Gasteiger partial charge < -0.3 is 0 Å². The minimum atomic E-state index is -4.31. The first-order chi connectivity index (χ1) is 8.38. The molecule has 0 amide bonds. The van der Waals surface area contributed by atoms with Crippen LogP contribution < -0.4 is 0 Å². The van der Waals surface area contributed by atoms with Gasteiger partial charge in [-0.1, -0.05) is 12.1 Å². The minimum Gasteiger partial charge on any atom is -0.244 e. The molecule has 0 spiro atoms. The van der Waals surface area contributed by atoms with Crippen LogP contribution in [0.25, 0.3) is 10.6 Å². The van der Waals surface area contributed by atoms with Crippen LogP contribution in [0.1, 0.15) is 22.7 Å². The molecule has 0 bridgehead atoms. The maximum Gasteiger partial charge on any atom is 0.416 e. The fraction of sp³-hybridized carbons (Fsp3) is 0.250. The number of halogens is 4. The molecule has 2 rings (SSSR count). The fourth-order valence-corrected chi connectivity index (χ4v) is 2.45. The summed E-state index contributed by atoms with van der Waals surface area (Å²) in [7, 11) is 0. The van der Waals surface area contributed by atoms with E-state index < -0.39 is 11.7 Å². The second-order valence-corrected chi connectivity index (χ2v) is 5.48. The van der Waals surface area contributed by atoms with Crippen molar-refractivity contribution in [2.75, 3.05) is 0 Å². The van der Waals surface area contributed by atoms with Crippen LogP contribution in [0.2, 0.25) is 0 Å². The zero-order valence-corrected chi connectivity index (χ0v) is 10.9. The first-order valence-corrected chi connectivity index (χ1v) is 6.40. The molecule has 0 aliphatic heterocycles. The average molecular weight is 292 g/mol. The van der Waals surface area contributed by atoms with E-state index in [0.717, 1.165) is 17.0 Å². The van der Waals surface area contributed by atoms with E-state index in [1.807, 2.05) is 6.92 Å². The van der Waals surface area contributed by atoms with Gasteiger partial charge in [-0.25, -0.2) is 4.98 Å². The predicted octanol–water partition coefficient (Wildman–Crippen LogP) is 5.13. The number of alkyl halides is 4. The van der Waals surface area contributed by atoms with Gasteiger partial charge in [-0.15, -0.1) is 22.9 Å². The summed E-state index contributed by atoms with van der Waals surface area (Å²) in [6.45, 7) is 1.82. The molecule has 0 aliphatic rings. The van der Waals surface area contributed by atoms with Crippen LogP contribution in [-0.2, 0) is 6.18 Å². The molecule has 1 atom stereocenters. The van der Waals surface area contributed by atoms with E-state index in [1.165, 1.54) is 23.5 Å². The number of aromatic nitrogens is 1. The summed E-state index contributed by atoms with van der Waals surface area (Å²) in [6, 6.07) is 4.95. The van der Waals surface area contributed by atoms with E-state index in [-0.39, 0.29) is 5.38 Å². The van der Waals surface area contributed by atoms with Crippen LogP contribution in [0, 0.1) is 0 Å². The quantitative estimate of drug-likeness (QED) is 0.699. The Labute approximate surface area is 111 Å². The molecule has 1 heterocycles. The highest BCUT2D eigenvalue weighted by atomic mass is 35.5. The van der Waals surface area contributed by atoms with Gasteiger partial charge in [0.2, 0.25) is 0 Å². The number of thiazole rings is 1. The van der Waals surface area contributed by atoms with Crippen molar-refractivity contribution in [1.82, 2.24) is 4.98 Å². The van der Waals surface area contributed by atoms with Crippen LogP contribution in [-0.4, -0.2) is 4.98 Å². The highest BCUT2D eigenvalue weighted by molar-refractivity contribution is 7.15. The summed E-state index contributed by atoms with van der Waals surface area (Å²) in [6.07, 6.45) is -2.66. The van der Waals surface area contributed by atoms with E-state index >= 15 is 0 Å². The van der Waals surface area contributed by atoms with Gasteiger partial charge in [-0.3, -0.25) is 0 Å². The molecule has 0 aliphatic carbocycles. The summed E-state index contributed by atoms with van der Waals surface area (Å²) in [4.78, 5) is 5.05. The number of hydrogen-bond acceptors (Lipinski definition) is 2. The third-order valence-corrected chi connectivity index (χ3v) is 3.97. The van der Waals surface area contributed by atoms with Gasteiger partial charge in [-0.05, 0) is 19.1 Å². The highest BCUT2D eigenvalue weighted by Crippen LogP contribution is 2.34. The SMILES string of the molecule is CC(Cl)c1cnc(-c2ccc(C(F)(F)F)cc2)s1. The molecule has 1 unspecified atom stereocenters. The molecular weight excluding hydrogens is 283 g/mol. The number of benzene rings is 1. The standard InChI is InChI=1S/C12H9ClF3NS/c1-7(13)10-6-17-11(18-10)8-2-4-9(5-3-8)12(14,15)16/h2-7H,1H3. The maximum atomic E-state index is 12.4. The average Bonchev–Trinajstić information content (AvgIpc) is 2.77. The molecule has 96 valence electrons. The first-order valence-electron chi connectivity index (χ1n) is 5.15. The van der Waals surface area contributed by atoms with Crippen molar-refractivity contribution >= 4 is 22.9 Å². The molecule has 0 N–H and O–H groups in total. The topological polar surface area (TPSA) is 12.9 Å². The zero-order chi connectivity index (χ0) is 13.3. The second kappa shape index (κ2) is 4.90. The van der Waals surface area contributed by atoms with Gasteiger partial charge in [0.25, 0.3) is 0 Å². The molecule has 2 aromatic rings. The maximum absolute atomic E-state index is 12.4. The molecule has 0 saturated carbocycles. The Hall–Kier alpha value is -1.07. The fourth-order valence-electron chi connectivity index (χ4n) is 1.41. The van der Waals surface area contributed by atoms with Gasteiger partial charge >= 0.3 is 6.18 Å². The van der Waals surface area contributed by atoms with Crippen molar-refractivity contribution in [2.24, 2.45) is 0 Å². The van der Waals surface area contributed by atoms with Crippen LogP contribution in [0.5, 0.6) is 0 Å². The lowest BCUT2D eigenvalue weighted by Crippen LogP contribution is -2.03. The molecule has 18 heavy (non-hydrogen) atoms. The molecule has 0 radical (unpaired) electrons. The Bertz CT molecular complexity index is 531. The smallest absolute Gasteiger partial charge is 0.244 e. The van der Waals surface area contributed by atoms with Crippen LogP contribution in [0.15, 0.2) is 30.5 Å². The zero-order valence-electron chi connectivity index (χ0n) is 9.33. The van der Waals surface area contributed by atoms with E-state index in [1.54, 1.807) is 6.20 Å². The molecule has 1 aromatic heterocycles. The molecule has 1 aromatic carbocycles. The Morgan fingerprint density at radius 2 is 1.83 bits per heavy atom. The van der Waals surface area contributed by atoms with Crippen molar-refractivity contribution in [3.63, 3.8) is 0 Å². The number of hydrogen-bond donors (Lipinski definition) is 0. The normalized spacial score (nSPS) is 13.6. The van der Waals surface area contributed by atoms with Crippen LogP contribution in [0.4, 0.5) is 13.2 Å². The Kier molecular flexibility index (Phi) is 3.64. The summed E-state index contributed by atoms with van der Waals surface area (Å²) in [5.74, 6) is 0. The van der Waals surface area contributed by atoms with Crippen molar-refractivity contribution in [3.8, 4) is 10.6 Å². The van der Waals surface area contributed by atoms with Gasteiger partial charge in [-0.2, -0.15) is 13.2 Å². The minimum absolute atomic E-state index is 0.148. The molecule has 0 fully saturated rings. The number of rotatable bonds is 2. The third-order valence-electron chi connectivity index (χ3n) is 2.37. The van der Waals surface area contributed by atoms with E-state index in [0.29, 0.717) is 10.6 Å². The summed E-state index contributed by atoms with van der Waals surface area (Å²) >= 11 is 7.29. The Balaban J connectivity index is 2.29. The van der Waals surface area contributed by atoms with Crippen LogP contribution >= 0.6 is 22.9 Å². The second-order valence-electron chi connectivity index (χ2n) is 3.76. The van der Waals surface area contributed by atoms with E-state index in [2.05, 4.69) is 4.98 Å². The lowest BCUT2D eigenvalue weighted by atomic mass is 10.1. The summed E-state index contributed by atoms with van der Waals surface area (Å²) in [5.41, 5.74) is 0.00491. The highest BCUT2D eigenvalue weighted by Gasteiger charge is 2.30. The van der Waals surface area contributed by atoms with Crippen molar-refractivity contribution in [2.45, 2.75) is 18.5 Å². The van der Waals surface area contributed by atoms with Crippen LogP contribution in [0.3, 0.4) is 0 Å². The molecule has 6 heteroatoms. The summed E-state index contributed by atoms with van der Waals surface area (Å²) in [5, 5.41) is 0.525.